The molecule has 1 aromatic carbocycles. The van der Waals surface area contributed by atoms with E-state index in [-0.39, 0.29) is 11.6 Å². The monoisotopic (exact) mass is 808 g/mol. The smallest absolute Gasteiger partial charge is 0.0376 e. The van der Waals surface area contributed by atoms with Crippen LogP contribution in [-0.4, -0.2) is 5.54 Å². The largest absolute Gasteiger partial charge is 0.301 e. The summed E-state index contributed by atoms with van der Waals surface area (Å²) in [5.41, 5.74) is 19.2. The van der Waals surface area contributed by atoms with Gasteiger partial charge in [0.2, 0.25) is 0 Å². The summed E-state index contributed by atoms with van der Waals surface area (Å²) in [5.74, 6) is 3.03. The maximum Gasteiger partial charge on any atom is 0.0376 e. The van der Waals surface area contributed by atoms with Crippen molar-refractivity contribution < 1.29 is 0 Å². The molecular formula is C60H73N. The summed E-state index contributed by atoms with van der Waals surface area (Å²) >= 11 is 0. The molecule has 1 saturated carbocycles. The van der Waals surface area contributed by atoms with Crippen LogP contribution >= 0.6 is 0 Å². The zero-order valence-corrected chi connectivity index (χ0v) is 38.4. The van der Waals surface area contributed by atoms with Crippen molar-refractivity contribution in [3.63, 3.8) is 0 Å². The molecule has 6 atom stereocenters. The Kier molecular flexibility index (Phi) is 15.2. The number of hydrogen-bond acceptors (Lipinski definition) is 1. The quantitative estimate of drug-likeness (QED) is 0.115. The minimum Gasteiger partial charge on any atom is -0.301 e. The normalized spacial score (nSPS) is 24.9. The van der Waals surface area contributed by atoms with Gasteiger partial charge in [0.25, 0.3) is 0 Å². The maximum atomic E-state index is 4.49. The second-order valence-corrected chi connectivity index (χ2v) is 19.2. The third-order valence-electron chi connectivity index (χ3n) is 14.0. The molecule has 0 amide bonds. The highest BCUT2D eigenvalue weighted by Crippen LogP contribution is 2.53. The van der Waals surface area contributed by atoms with Gasteiger partial charge >= 0.3 is 0 Å². The van der Waals surface area contributed by atoms with Crippen molar-refractivity contribution in [2.45, 2.75) is 130 Å². The molecule has 0 heterocycles. The lowest BCUT2D eigenvalue weighted by Gasteiger charge is -2.33. The van der Waals surface area contributed by atoms with Crippen molar-refractivity contribution in [2.24, 2.45) is 29.6 Å². The Hall–Kier alpha value is -4.68. The summed E-state index contributed by atoms with van der Waals surface area (Å²) in [4.78, 5) is 0. The Morgan fingerprint density at radius 1 is 1.00 bits per heavy atom. The summed E-state index contributed by atoms with van der Waals surface area (Å²) < 4.78 is 0. The van der Waals surface area contributed by atoms with E-state index in [4.69, 9.17) is 0 Å². The minimum atomic E-state index is -0.253. The van der Waals surface area contributed by atoms with Gasteiger partial charge in [0.15, 0.2) is 0 Å². The van der Waals surface area contributed by atoms with E-state index >= 15 is 0 Å². The van der Waals surface area contributed by atoms with Gasteiger partial charge in [-0.15, -0.1) is 5.73 Å². The van der Waals surface area contributed by atoms with Gasteiger partial charge < -0.3 is 5.32 Å². The summed E-state index contributed by atoms with van der Waals surface area (Å²) in [6.07, 6.45) is 55.6. The van der Waals surface area contributed by atoms with E-state index in [2.05, 4.69) is 193 Å². The van der Waals surface area contributed by atoms with Crippen LogP contribution < -0.4 is 5.32 Å². The van der Waals surface area contributed by atoms with Crippen LogP contribution in [0.2, 0.25) is 0 Å². The maximum absolute atomic E-state index is 4.49. The van der Waals surface area contributed by atoms with E-state index in [9.17, 15) is 0 Å². The third-order valence-corrected chi connectivity index (χ3v) is 14.0. The topological polar surface area (TPSA) is 12.0 Å². The number of benzene rings is 1. The molecule has 6 aliphatic carbocycles. The van der Waals surface area contributed by atoms with Crippen LogP contribution in [0.5, 0.6) is 0 Å². The number of rotatable bonds is 18. The van der Waals surface area contributed by atoms with Crippen molar-refractivity contribution in [3.8, 4) is 0 Å². The Balaban J connectivity index is 1.02. The van der Waals surface area contributed by atoms with Gasteiger partial charge in [-0.25, -0.2) is 0 Å². The fraction of sp³-hybridized carbons (Fsp3) is 0.417. The molecule has 0 bridgehead atoms. The first kappa shape index (κ1) is 44.4. The highest BCUT2D eigenvalue weighted by atomic mass is 15.0. The van der Waals surface area contributed by atoms with Crippen LogP contribution in [0, 0.1) is 29.6 Å². The molecule has 0 spiro atoms. The number of nitrogens with one attached hydrogen (secondary N) is 1. The lowest BCUT2D eigenvalue weighted by atomic mass is 9.78. The average Bonchev–Trinajstić information content (AvgIpc) is 4.10. The predicted octanol–water partition coefficient (Wildman–Crippen LogP) is 16.4. The lowest BCUT2D eigenvalue weighted by molar-refractivity contribution is 0.368. The van der Waals surface area contributed by atoms with E-state index in [1.54, 1.807) is 27.9 Å². The van der Waals surface area contributed by atoms with Gasteiger partial charge in [-0.1, -0.05) is 166 Å². The molecule has 1 heteroatoms. The highest BCUT2D eigenvalue weighted by Gasteiger charge is 2.42. The summed E-state index contributed by atoms with van der Waals surface area (Å²) in [5, 5.41) is 4.06. The number of fused-ring (bicyclic) bond motifs is 1. The zero-order valence-electron chi connectivity index (χ0n) is 38.4. The molecule has 1 aromatic rings. The molecule has 1 N–H and O–H groups in total. The fourth-order valence-corrected chi connectivity index (χ4v) is 10.2. The molecule has 0 radical (unpaired) electrons. The molecule has 61 heavy (non-hydrogen) atoms. The molecule has 1 nitrogen and oxygen atoms in total. The van der Waals surface area contributed by atoms with E-state index in [1.165, 1.54) is 53.5 Å². The molecular weight excluding hydrogens is 735 g/mol. The van der Waals surface area contributed by atoms with Crippen LogP contribution in [-0.2, 0) is 0 Å². The lowest BCUT2D eigenvalue weighted by Crippen LogP contribution is -2.42. The molecule has 318 valence electrons. The first-order valence-electron chi connectivity index (χ1n) is 23.9. The van der Waals surface area contributed by atoms with Crippen LogP contribution in [0.3, 0.4) is 0 Å². The fourth-order valence-electron chi connectivity index (χ4n) is 10.2. The first-order chi connectivity index (χ1) is 29.6. The van der Waals surface area contributed by atoms with Crippen LogP contribution in [0.15, 0.2) is 191 Å². The molecule has 0 aliphatic heterocycles. The molecule has 7 rings (SSSR count). The predicted molar refractivity (Wildman–Crippen MR) is 265 cm³/mol. The molecule has 6 aliphatic rings. The van der Waals surface area contributed by atoms with Gasteiger partial charge in [-0.2, -0.15) is 0 Å². The van der Waals surface area contributed by atoms with Crippen molar-refractivity contribution in [1.82, 2.24) is 5.32 Å². The summed E-state index contributed by atoms with van der Waals surface area (Å²) in [6, 6.07) is 9.59. The van der Waals surface area contributed by atoms with Gasteiger partial charge in [0.05, 0.1) is 0 Å². The standard InChI is InChI=1S/C60H73N/c1-8-10-12-22-45(5)60(6,7)61-59(49-34-32-48(33-35-49)51-27-16-15-21-43(3)36-51)31-18-24-46-23-17-28-52(38-46)55-40-56-42-58(56)57(41-55)44(4)37-50(20-9-2)54-30-19-29-53(39-54)47-25-13-11-14-26-47/h8,10-13,16,19-22,25,27-30,32-35,38,40-41,43-44,53,56,58-59,61H,5,9,14,17-18,23-24,26,31,36-37,39,42H2,1-4,6-7H3. The number of hydrogen-bond donors (Lipinski definition) is 1. The second-order valence-electron chi connectivity index (χ2n) is 19.2. The van der Waals surface area contributed by atoms with E-state index < -0.39 is 0 Å². The Morgan fingerprint density at radius 3 is 2.64 bits per heavy atom. The van der Waals surface area contributed by atoms with Crippen LogP contribution in [0.25, 0.3) is 5.57 Å². The molecule has 1 fully saturated rings. The van der Waals surface area contributed by atoms with E-state index in [0.29, 0.717) is 23.7 Å². The summed E-state index contributed by atoms with van der Waals surface area (Å²) in [7, 11) is 0. The van der Waals surface area contributed by atoms with Gasteiger partial charge in [-0.3, -0.25) is 0 Å². The zero-order chi connectivity index (χ0) is 42.8. The van der Waals surface area contributed by atoms with Gasteiger partial charge in [-0.05, 0) is 178 Å². The summed E-state index contributed by atoms with van der Waals surface area (Å²) in [6.45, 7) is 18.2. The average molecular weight is 808 g/mol. The van der Waals surface area contributed by atoms with Crippen LogP contribution in [0.1, 0.15) is 136 Å². The Morgan fingerprint density at radius 2 is 1.85 bits per heavy atom. The minimum absolute atomic E-state index is 0.220. The van der Waals surface area contributed by atoms with E-state index in [0.717, 1.165) is 62.9 Å². The van der Waals surface area contributed by atoms with Crippen molar-refractivity contribution in [2.75, 3.05) is 0 Å². The van der Waals surface area contributed by atoms with Crippen molar-refractivity contribution >= 4 is 5.57 Å². The van der Waals surface area contributed by atoms with Crippen molar-refractivity contribution in [1.29, 1.82) is 0 Å². The number of allylic oxidation sites excluding steroid dienone is 24. The SMILES string of the molecule is C=C(C=CC=CC)C(C)(C)NC(CCCC1=CC(C2=CC3CC3C(C(C)CC(=CCC)C3=CC=CC(C4=CC=CCC4)C3)=C2)=CCC1)c1ccc(C2=CC=C=CC(C)C2)cc1. The van der Waals surface area contributed by atoms with Crippen LogP contribution in [0.4, 0.5) is 0 Å². The Bertz CT molecular complexity index is 2210. The van der Waals surface area contributed by atoms with E-state index in [1.807, 2.05) is 0 Å². The Labute approximate surface area is 370 Å². The van der Waals surface area contributed by atoms with Gasteiger partial charge in [0, 0.05) is 17.5 Å². The third kappa shape index (κ3) is 11.8. The highest BCUT2D eigenvalue weighted by molar-refractivity contribution is 5.68. The van der Waals surface area contributed by atoms with Crippen molar-refractivity contribution in [3.05, 3.63) is 202 Å². The second kappa shape index (κ2) is 20.9. The van der Waals surface area contributed by atoms with Gasteiger partial charge in [0.1, 0.15) is 0 Å². The molecule has 6 unspecified atom stereocenters. The molecule has 0 aromatic heterocycles. The molecule has 0 saturated heterocycles. The first-order valence-corrected chi connectivity index (χ1v) is 23.9.